The van der Waals surface area contributed by atoms with E-state index < -0.39 is 0 Å². The molecule has 90 valence electrons. The second-order valence-electron chi connectivity index (χ2n) is 4.50. The third kappa shape index (κ3) is 2.95. The van der Waals surface area contributed by atoms with Gasteiger partial charge in [-0.1, -0.05) is 0 Å². The lowest BCUT2D eigenvalue weighted by Crippen LogP contribution is -2.51. The Balaban J connectivity index is 1.79. The summed E-state index contributed by atoms with van der Waals surface area (Å²) in [5, 5.41) is 2.76. The summed E-state index contributed by atoms with van der Waals surface area (Å²) in [6.45, 7) is 3.97. The maximum atomic E-state index is 11.9. The molecule has 0 atom stereocenters. The van der Waals surface area contributed by atoms with Crippen molar-refractivity contribution in [2.24, 2.45) is 0 Å². The second kappa shape index (κ2) is 5.30. The minimum Gasteiger partial charge on any atom is -0.354 e. The molecule has 2 amide bonds. The maximum Gasteiger partial charge on any atom is 0.236 e. The van der Waals surface area contributed by atoms with Crippen molar-refractivity contribution >= 4 is 11.8 Å². The van der Waals surface area contributed by atoms with E-state index in [1.54, 1.807) is 0 Å². The molecule has 0 aromatic heterocycles. The number of piperazine rings is 1. The first-order chi connectivity index (χ1) is 7.75. The topological polar surface area (TPSA) is 52.7 Å². The van der Waals surface area contributed by atoms with E-state index in [-0.39, 0.29) is 11.8 Å². The molecule has 5 nitrogen and oxygen atoms in total. The number of rotatable bonds is 2. The van der Waals surface area contributed by atoms with Crippen molar-refractivity contribution in [3.8, 4) is 0 Å². The Morgan fingerprint density at radius 2 is 1.94 bits per heavy atom. The number of nitrogens with zero attached hydrogens (tertiary/aromatic N) is 2. The summed E-state index contributed by atoms with van der Waals surface area (Å²) in [5.41, 5.74) is 0. The second-order valence-corrected chi connectivity index (χ2v) is 4.50. The molecule has 2 saturated heterocycles. The fourth-order valence-corrected chi connectivity index (χ4v) is 2.26. The molecule has 0 aromatic carbocycles. The van der Waals surface area contributed by atoms with Gasteiger partial charge >= 0.3 is 0 Å². The van der Waals surface area contributed by atoms with Gasteiger partial charge in [0, 0.05) is 26.2 Å². The van der Waals surface area contributed by atoms with Crippen molar-refractivity contribution in [1.29, 1.82) is 0 Å². The third-order valence-electron chi connectivity index (χ3n) is 3.19. The number of nitrogens with one attached hydrogen (secondary N) is 1. The van der Waals surface area contributed by atoms with Gasteiger partial charge in [0.15, 0.2) is 0 Å². The molecule has 0 aromatic rings. The summed E-state index contributed by atoms with van der Waals surface area (Å²) in [7, 11) is 0. The van der Waals surface area contributed by atoms with Crippen molar-refractivity contribution in [3.05, 3.63) is 0 Å². The molecule has 16 heavy (non-hydrogen) atoms. The first kappa shape index (κ1) is 11.4. The van der Waals surface area contributed by atoms with Crippen molar-refractivity contribution in [2.75, 3.05) is 39.3 Å². The maximum absolute atomic E-state index is 11.9. The van der Waals surface area contributed by atoms with Gasteiger partial charge in [-0.3, -0.25) is 14.5 Å². The zero-order valence-corrected chi connectivity index (χ0v) is 9.57. The molecular weight excluding hydrogens is 206 g/mol. The van der Waals surface area contributed by atoms with Gasteiger partial charge in [-0.15, -0.1) is 0 Å². The van der Waals surface area contributed by atoms with Crippen LogP contribution in [0.1, 0.15) is 19.3 Å². The number of amides is 2. The predicted molar refractivity (Wildman–Crippen MR) is 59.9 cm³/mol. The van der Waals surface area contributed by atoms with Gasteiger partial charge in [-0.05, 0) is 19.3 Å². The van der Waals surface area contributed by atoms with E-state index in [4.69, 9.17) is 0 Å². The van der Waals surface area contributed by atoms with E-state index in [1.165, 1.54) is 6.42 Å². The Labute approximate surface area is 95.8 Å². The van der Waals surface area contributed by atoms with Crippen molar-refractivity contribution in [1.82, 2.24) is 15.1 Å². The molecule has 2 aliphatic heterocycles. The quantitative estimate of drug-likeness (QED) is 0.685. The number of hydrogen-bond acceptors (Lipinski definition) is 3. The van der Waals surface area contributed by atoms with Crippen LogP contribution in [-0.2, 0) is 9.59 Å². The molecule has 0 unspecified atom stereocenters. The Morgan fingerprint density at radius 3 is 2.62 bits per heavy atom. The van der Waals surface area contributed by atoms with Gasteiger partial charge in [0.05, 0.1) is 13.1 Å². The summed E-state index contributed by atoms with van der Waals surface area (Å²) in [5.74, 6) is 0.201. The highest BCUT2D eigenvalue weighted by Crippen LogP contribution is 2.09. The molecule has 0 spiro atoms. The van der Waals surface area contributed by atoms with Crippen LogP contribution in [0.25, 0.3) is 0 Å². The molecule has 2 heterocycles. The number of likely N-dealkylation sites (tertiary alicyclic amines) is 1. The standard InChI is InChI=1S/C11H19N3O2/c15-10-8-13(7-4-12-10)9-11(16)14-5-2-1-3-6-14/h1-9H2,(H,12,15). The summed E-state index contributed by atoms with van der Waals surface area (Å²) in [4.78, 5) is 26.9. The highest BCUT2D eigenvalue weighted by molar-refractivity contribution is 5.81. The van der Waals surface area contributed by atoms with Crippen LogP contribution in [0.15, 0.2) is 0 Å². The average Bonchev–Trinajstić information content (AvgIpc) is 2.30. The lowest BCUT2D eigenvalue weighted by atomic mass is 10.1. The summed E-state index contributed by atoms with van der Waals surface area (Å²) < 4.78 is 0. The van der Waals surface area contributed by atoms with Crippen molar-refractivity contribution in [3.63, 3.8) is 0 Å². The molecule has 0 aliphatic carbocycles. The van der Waals surface area contributed by atoms with Gasteiger partial charge in [0.2, 0.25) is 11.8 Å². The van der Waals surface area contributed by atoms with E-state index in [0.29, 0.717) is 19.6 Å². The molecule has 2 rings (SSSR count). The van der Waals surface area contributed by atoms with Crippen LogP contribution in [0.3, 0.4) is 0 Å². The lowest BCUT2D eigenvalue weighted by molar-refractivity contribution is -0.134. The van der Waals surface area contributed by atoms with Crippen molar-refractivity contribution in [2.45, 2.75) is 19.3 Å². The Hall–Kier alpha value is -1.10. The smallest absolute Gasteiger partial charge is 0.236 e. The van der Waals surface area contributed by atoms with Gasteiger partial charge in [-0.25, -0.2) is 0 Å². The number of hydrogen-bond donors (Lipinski definition) is 1. The first-order valence-electron chi connectivity index (χ1n) is 6.02. The van der Waals surface area contributed by atoms with Crippen LogP contribution in [0.4, 0.5) is 0 Å². The van der Waals surface area contributed by atoms with Crippen LogP contribution >= 0.6 is 0 Å². The molecular formula is C11H19N3O2. The van der Waals surface area contributed by atoms with E-state index in [0.717, 1.165) is 32.5 Å². The van der Waals surface area contributed by atoms with E-state index >= 15 is 0 Å². The summed E-state index contributed by atoms with van der Waals surface area (Å²) in [6, 6.07) is 0. The summed E-state index contributed by atoms with van der Waals surface area (Å²) in [6.07, 6.45) is 3.47. The van der Waals surface area contributed by atoms with Gasteiger partial charge in [0.1, 0.15) is 0 Å². The SMILES string of the molecule is O=C1CN(CC(=O)N2CCCCC2)CCN1. The Kier molecular flexibility index (Phi) is 3.77. The van der Waals surface area contributed by atoms with Crippen LogP contribution < -0.4 is 5.32 Å². The fraction of sp³-hybridized carbons (Fsp3) is 0.818. The molecule has 2 aliphatic rings. The molecule has 5 heteroatoms. The molecule has 0 radical (unpaired) electrons. The lowest BCUT2D eigenvalue weighted by Gasteiger charge is -2.31. The molecule has 0 saturated carbocycles. The number of carbonyl (C=O) groups is 2. The van der Waals surface area contributed by atoms with E-state index in [9.17, 15) is 9.59 Å². The fourth-order valence-electron chi connectivity index (χ4n) is 2.26. The normalized spacial score (nSPS) is 23.0. The monoisotopic (exact) mass is 225 g/mol. The molecule has 2 fully saturated rings. The van der Waals surface area contributed by atoms with Crippen LogP contribution in [-0.4, -0.2) is 60.9 Å². The number of carbonyl (C=O) groups excluding carboxylic acids is 2. The van der Waals surface area contributed by atoms with E-state index in [2.05, 4.69) is 5.32 Å². The predicted octanol–water partition coefficient (Wildman–Crippen LogP) is -0.569. The zero-order valence-electron chi connectivity index (χ0n) is 9.57. The van der Waals surface area contributed by atoms with Crippen molar-refractivity contribution < 1.29 is 9.59 Å². The van der Waals surface area contributed by atoms with Crippen LogP contribution in [0.2, 0.25) is 0 Å². The molecule has 1 N–H and O–H groups in total. The number of piperidine rings is 1. The minimum atomic E-state index is 0.0256. The third-order valence-corrected chi connectivity index (χ3v) is 3.19. The van der Waals surface area contributed by atoms with Crippen LogP contribution in [0, 0.1) is 0 Å². The Morgan fingerprint density at radius 1 is 1.19 bits per heavy atom. The van der Waals surface area contributed by atoms with E-state index in [1.807, 2.05) is 9.80 Å². The zero-order chi connectivity index (χ0) is 11.4. The summed E-state index contributed by atoms with van der Waals surface area (Å²) >= 11 is 0. The van der Waals surface area contributed by atoms with Crippen LogP contribution in [0.5, 0.6) is 0 Å². The Bertz CT molecular complexity index is 274. The van der Waals surface area contributed by atoms with Gasteiger partial charge < -0.3 is 10.2 Å². The minimum absolute atomic E-state index is 0.0256. The highest BCUT2D eigenvalue weighted by atomic mass is 16.2. The first-order valence-corrected chi connectivity index (χ1v) is 6.02. The largest absolute Gasteiger partial charge is 0.354 e. The molecule has 0 bridgehead atoms. The van der Waals surface area contributed by atoms with Gasteiger partial charge in [-0.2, -0.15) is 0 Å². The van der Waals surface area contributed by atoms with Gasteiger partial charge in [0.25, 0.3) is 0 Å². The average molecular weight is 225 g/mol. The highest BCUT2D eigenvalue weighted by Gasteiger charge is 2.22.